The van der Waals surface area contributed by atoms with Gasteiger partial charge in [-0.3, -0.25) is 0 Å². The highest BCUT2D eigenvalue weighted by Gasteiger charge is 1.94. The molecule has 1 rings (SSSR count). The Morgan fingerprint density at radius 1 is 0.607 bits per heavy atom. The molecule has 0 aliphatic heterocycles. The van der Waals surface area contributed by atoms with Gasteiger partial charge in [0.1, 0.15) is 0 Å². The first kappa shape index (κ1) is 27.5. The normalized spacial score (nSPS) is 10.5. The van der Waals surface area contributed by atoms with E-state index in [1.165, 1.54) is 108 Å². The maximum Gasteiger partial charge on any atom is 0.0223 e. The second-order valence-electron chi connectivity index (χ2n) is 8.02. The smallest absolute Gasteiger partial charge is 0.0223 e. The molecule has 0 radical (unpaired) electrons. The maximum absolute atomic E-state index is 5.66. The molecule has 0 aliphatic rings. The number of alkyl halides is 1. The van der Waals surface area contributed by atoms with Crippen molar-refractivity contribution in [3.63, 3.8) is 0 Å². The van der Waals surface area contributed by atoms with E-state index in [2.05, 4.69) is 19.1 Å². The lowest BCUT2D eigenvalue weighted by atomic mass is 10.0. The van der Waals surface area contributed by atoms with Gasteiger partial charge in [-0.15, -0.1) is 11.6 Å². The molecular formula is C26H48ClN. The highest BCUT2D eigenvalue weighted by Crippen LogP contribution is 2.13. The Morgan fingerprint density at radius 3 is 1.36 bits per heavy atom. The fourth-order valence-corrected chi connectivity index (χ4v) is 3.64. The minimum Gasteiger partial charge on any atom is -0.330 e. The van der Waals surface area contributed by atoms with Crippen LogP contribution in [0.2, 0.25) is 0 Å². The van der Waals surface area contributed by atoms with Crippen molar-refractivity contribution in [3.05, 3.63) is 35.9 Å². The van der Waals surface area contributed by atoms with Gasteiger partial charge in [0.25, 0.3) is 0 Å². The Morgan fingerprint density at radius 2 is 1.00 bits per heavy atom. The molecule has 164 valence electrons. The second-order valence-corrected chi connectivity index (χ2v) is 8.39. The molecule has 2 N–H and O–H groups in total. The van der Waals surface area contributed by atoms with E-state index in [0.717, 1.165) is 18.8 Å². The van der Waals surface area contributed by atoms with E-state index >= 15 is 0 Å². The first-order chi connectivity index (χ1) is 13.8. The van der Waals surface area contributed by atoms with Gasteiger partial charge in [0.05, 0.1) is 0 Å². The van der Waals surface area contributed by atoms with Gasteiger partial charge in [-0.1, -0.05) is 134 Å². The van der Waals surface area contributed by atoms with Gasteiger partial charge >= 0.3 is 0 Å². The van der Waals surface area contributed by atoms with E-state index < -0.39 is 0 Å². The molecule has 0 atom stereocenters. The van der Waals surface area contributed by atoms with Crippen LogP contribution < -0.4 is 5.73 Å². The SMILES string of the molecule is CCCCCCCCCCCCCCCCCCCl.NCCc1ccccc1. The van der Waals surface area contributed by atoms with Gasteiger partial charge < -0.3 is 5.73 Å². The predicted molar refractivity (Wildman–Crippen MR) is 129 cm³/mol. The molecule has 0 saturated heterocycles. The van der Waals surface area contributed by atoms with Gasteiger partial charge in [0, 0.05) is 5.88 Å². The summed E-state index contributed by atoms with van der Waals surface area (Å²) in [6.07, 6.45) is 23.8. The van der Waals surface area contributed by atoms with Crippen LogP contribution in [0.5, 0.6) is 0 Å². The van der Waals surface area contributed by atoms with Crippen LogP contribution in [0.1, 0.15) is 115 Å². The summed E-state index contributed by atoms with van der Waals surface area (Å²) in [6.45, 7) is 3.03. The molecule has 0 unspecified atom stereocenters. The average molecular weight is 410 g/mol. The third-order valence-corrected chi connectivity index (χ3v) is 5.53. The lowest BCUT2D eigenvalue weighted by Crippen LogP contribution is -2.01. The van der Waals surface area contributed by atoms with Crippen LogP contribution >= 0.6 is 11.6 Å². The van der Waals surface area contributed by atoms with Crippen molar-refractivity contribution < 1.29 is 0 Å². The molecule has 0 fully saturated rings. The summed E-state index contributed by atoms with van der Waals surface area (Å²) in [5.41, 5.74) is 6.68. The molecule has 1 aromatic carbocycles. The quantitative estimate of drug-likeness (QED) is 0.190. The Hall–Kier alpha value is -0.530. The zero-order valence-corrected chi connectivity index (χ0v) is 19.5. The number of benzene rings is 1. The zero-order valence-electron chi connectivity index (χ0n) is 18.8. The lowest BCUT2D eigenvalue weighted by molar-refractivity contribution is 0.531. The van der Waals surface area contributed by atoms with Crippen LogP contribution in [0.15, 0.2) is 30.3 Å². The predicted octanol–water partition coefficient (Wildman–Crippen LogP) is 8.67. The van der Waals surface area contributed by atoms with Crippen LogP contribution in [0.25, 0.3) is 0 Å². The molecule has 28 heavy (non-hydrogen) atoms. The minimum absolute atomic E-state index is 0.740. The Kier molecular flexibility index (Phi) is 24.0. The summed E-state index contributed by atoms with van der Waals surface area (Å²) < 4.78 is 0. The van der Waals surface area contributed by atoms with E-state index in [1.807, 2.05) is 18.2 Å². The summed E-state index contributed by atoms with van der Waals surface area (Å²) in [5.74, 6) is 0.846. The maximum atomic E-state index is 5.66. The summed E-state index contributed by atoms with van der Waals surface area (Å²) in [7, 11) is 0. The Bertz CT molecular complexity index is 363. The van der Waals surface area contributed by atoms with E-state index in [-0.39, 0.29) is 0 Å². The fourth-order valence-electron chi connectivity index (χ4n) is 3.45. The molecule has 2 heteroatoms. The average Bonchev–Trinajstić information content (AvgIpc) is 2.72. The molecule has 1 aromatic rings. The van der Waals surface area contributed by atoms with Crippen LogP contribution in [0, 0.1) is 0 Å². The summed E-state index contributed by atoms with van der Waals surface area (Å²) in [6, 6.07) is 10.3. The van der Waals surface area contributed by atoms with Crippen molar-refractivity contribution in [2.45, 2.75) is 116 Å². The Balaban J connectivity index is 0.000000668. The summed E-state index contributed by atoms with van der Waals surface area (Å²) in [5, 5.41) is 0. The van der Waals surface area contributed by atoms with E-state index in [4.69, 9.17) is 17.3 Å². The van der Waals surface area contributed by atoms with Crippen molar-refractivity contribution in [2.24, 2.45) is 5.73 Å². The van der Waals surface area contributed by atoms with E-state index in [0.29, 0.717) is 0 Å². The van der Waals surface area contributed by atoms with Crippen molar-refractivity contribution in [3.8, 4) is 0 Å². The lowest BCUT2D eigenvalue weighted by Gasteiger charge is -2.03. The molecule has 0 aliphatic carbocycles. The third-order valence-electron chi connectivity index (χ3n) is 5.26. The highest BCUT2D eigenvalue weighted by molar-refractivity contribution is 6.17. The van der Waals surface area contributed by atoms with Gasteiger partial charge in [0.15, 0.2) is 0 Å². The van der Waals surface area contributed by atoms with Gasteiger partial charge in [-0.05, 0) is 24.9 Å². The number of unbranched alkanes of at least 4 members (excludes halogenated alkanes) is 15. The van der Waals surface area contributed by atoms with Crippen LogP contribution in [0.4, 0.5) is 0 Å². The number of hydrogen-bond acceptors (Lipinski definition) is 1. The molecule has 0 bridgehead atoms. The molecule has 0 saturated carbocycles. The number of halogens is 1. The highest BCUT2D eigenvalue weighted by atomic mass is 35.5. The number of rotatable bonds is 18. The second kappa shape index (κ2) is 24.5. The van der Waals surface area contributed by atoms with Gasteiger partial charge in [-0.2, -0.15) is 0 Å². The largest absolute Gasteiger partial charge is 0.330 e. The van der Waals surface area contributed by atoms with Crippen molar-refractivity contribution >= 4 is 11.6 Å². The molecule has 0 heterocycles. The van der Waals surface area contributed by atoms with Crippen molar-refractivity contribution in [1.82, 2.24) is 0 Å². The minimum atomic E-state index is 0.740. The van der Waals surface area contributed by atoms with Crippen molar-refractivity contribution in [1.29, 1.82) is 0 Å². The molecule has 0 amide bonds. The van der Waals surface area contributed by atoms with Crippen LogP contribution in [-0.2, 0) is 6.42 Å². The zero-order chi connectivity index (χ0) is 20.5. The van der Waals surface area contributed by atoms with E-state index in [9.17, 15) is 0 Å². The van der Waals surface area contributed by atoms with E-state index in [1.54, 1.807) is 0 Å². The summed E-state index contributed by atoms with van der Waals surface area (Å²) >= 11 is 5.66. The molecule has 0 spiro atoms. The third kappa shape index (κ3) is 21.8. The van der Waals surface area contributed by atoms with Crippen LogP contribution in [-0.4, -0.2) is 12.4 Å². The standard InChI is InChI=1S/C18H37Cl.C8H11N/c1-2-3-4-5-6-7-8-9-10-11-12-13-14-15-16-17-18-19;9-7-6-8-4-2-1-3-5-8/h2-18H2,1H3;1-5H,6-7,9H2. The van der Waals surface area contributed by atoms with Crippen LogP contribution in [0.3, 0.4) is 0 Å². The number of nitrogens with two attached hydrogens (primary N) is 1. The monoisotopic (exact) mass is 409 g/mol. The molecule has 0 aromatic heterocycles. The first-order valence-electron chi connectivity index (χ1n) is 12.1. The van der Waals surface area contributed by atoms with Gasteiger partial charge in [-0.25, -0.2) is 0 Å². The number of hydrogen-bond donors (Lipinski definition) is 1. The molecular weight excluding hydrogens is 362 g/mol. The topological polar surface area (TPSA) is 26.0 Å². The Labute approximate surface area is 181 Å². The fraction of sp³-hybridized carbons (Fsp3) is 0.769. The molecule has 1 nitrogen and oxygen atoms in total. The van der Waals surface area contributed by atoms with Gasteiger partial charge in [0.2, 0.25) is 0 Å². The first-order valence-corrected chi connectivity index (χ1v) is 12.7. The van der Waals surface area contributed by atoms with Crippen molar-refractivity contribution in [2.75, 3.05) is 12.4 Å². The summed E-state index contributed by atoms with van der Waals surface area (Å²) in [4.78, 5) is 0.